The standard InChI is InChI=1S/C28H25N5.C26H25FN4O.C26H26N8/c29-16-20-2-4-21(5-3-20)22-15-26-27-30-11-13-33(27)25-7-6-24(14-23(25)18-32(26)17-22)31-12-10-28(19-31)8-1-9-28;1-17-12-29(15-21(17)16-32)23-6-7-24-20(10-23)14-30-13-19(18-2-4-22(27)5-3-18)11-25(30)26-28-8-9-31(24)26;1-31(2)22-7-9-32(10-8-22)25-12-21-16-33-15-20(19-5-3-18(13-27)4-6-19)11-23(33)26-30-29-17-34(26)24(21)14-28-25/h2-7,11,13-15,17H,1,8-10,12,18-19H2;2-11,13,17,21,32H,12,14-16H2,1H3;3-6,11-12,14-15,17,22H,7-10,16H2,1-2H3/t;17-,21+;/m.1./s1. The molecule has 494 valence electrons. The summed E-state index contributed by atoms with van der Waals surface area (Å²) in [6.45, 7) is 11.0. The van der Waals surface area contributed by atoms with Crippen molar-refractivity contribution in [3.8, 4) is 97.1 Å². The second-order valence-electron chi connectivity index (χ2n) is 28.2. The molecule has 0 amide bonds. The molecular weight excluding hydrogens is 1230 g/mol. The Morgan fingerprint density at radius 2 is 1.08 bits per heavy atom. The molecule has 0 radical (unpaired) electrons. The van der Waals surface area contributed by atoms with Crippen molar-refractivity contribution in [2.45, 2.75) is 71.1 Å². The van der Waals surface area contributed by atoms with Crippen LogP contribution in [-0.2, 0) is 19.6 Å². The van der Waals surface area contributed by atoms with E-state index in [9.17, 15) is 9.50 Å². The van der Waals surface area contributed by atoms with Crippen LogP contribution < -0.4 is 14.7 Å². The van der Waals surface area contributed by atoms with E-state index in [0.29, 0.717) is 34.4 Å². The molecule has 4 fully saturated rings. The number of benzene rings is 5. The third kappa shape index (κ3) is 11.3. The van der Waals surface area contributed by atoms with E-state index in [1.165, 1.54) is 84.7 Å². The summed E-state index contributed by atoms with van der Waals surface area (Å²) in [5.74, 6) is 4.28. The molecular formula is C80H76FN17O. The highest BCUT2D eigenvalue weighted by Gasteiger charge is 2.43. The van der Waals surface area contributed by atoms with E-state index < -0.39 is 0 Å². The first-order valence-corrected chi connectivity index (χ1v) is 34.6. The van der Waals surface area contributed by atoms with E-state index in [1.54, 1.807) is 6.33 Å². The molecule has 19 heteroatoms. The topological polar surface area (TPSA) is 175 Å². The number of hydrogen-bond acceptors (Lipinski definition) is 12. The van der Waals surface area contributed by atoms with E-state index in [2.05, 4.69) is 176 Å². The molecule has 1 aliphatic carbocycles. The van der Waals surface area contributed by atoms with Crippen LogP contribution >= 0.6 is 0 Å². The lowest BCUT2D eigenvalue weighted by Gasteiger charge is -2.38. The van der Waals surface area contributed by atoms with Gasteiger partial charge < -0.3 is 38.4 Å². The van der Waals surface area contributed by atoms with Gasteiger partial charge in [-0.05, 0) is 182 Å². The SMILES string of the molecule is CN(C)C1CCN(c2cc3c(cn2)-n2cnnc2-c2cc(-c4ccc(C#N)cc4)cn2C3)CC1.C[C@@H]1CN(c2ccc3c(c2)Cn2cc(-c4ccc(F)cc4)cc2-c2nccn2-3)C[C@H]1CO.N#Cc1ccc(-c2cc3n(c2)Cc2cc(N4CCC5(CCC5)C4)ccc2-n2ccnc2-3)cc1. The van der Waals surface area contributed by atoms with Crippen LogP contribution in [0.4, 0.5) is 21.6 Å². The number of halogens is 1. The minimum Gasteiger partial charge on any atom is -0.396 e. The highest BCUT2D eigenvalue weighted by atomic mass is 19.1. The highest BCUT2D eigenvalue weighted by Crippen LogP contribution is 2.49. The van der Waals surface area contributed by atoms with Gasteiger partial charge in [0.25, 0.3) is 0 Å². The maximum Gasteiger partial charge on any atom is 0.185 e. The molecule has 0 bridgehead atoms. The molecule has 0 unspecified atom stereocenters. The highest BCUT2D eigenvalue weighted by molar-refractivity contribution is 5.76. The summed E-state index contributed by atoms with van der Waals surface area (Å²) >= 11 is 0. The number of anilines is 3. The molecule has 13 heterocycles. The number of fused-ring (bicyclic) bond motifs is 15. The fourth-order valence-corrected chi connectivity index (χ4v) is 16.2. The van der Waals surface area contributed by atoms with Crippen molar-refractivity contribution in [3.05, 3.63) is 223 Å². The smallest absolute Gasteiger partial charge is 0.185 e. The predicted molar refractivity (Wildman–Crippen MR) is 384 cm³/mol. The quantitative estimate of drug-likeness (QED) is 0.153. The van der Waals surface area contributed by atoms with Gasteiger partial charge in [0.1, 0.15) is 18.0 Å². The van der Waals surface area contributed by atoms with Gasteiger partial charge in [-0.3, -0.25) is 13.7 Å². The Labute approximate surface area is 575 Å². The normalized spacial score (nSPS) is 17.4. The van der Waals surface area contributed by atoms with E-state index in [1.807, 2.05) is 90.0 Å². The number of hydrogen-bond donors (Lipinski definition) is 1. The maximum absolute atomic E-state index is 13.4. The number of nitriles is 2. The molecule has 19 rings (SSSR count). The minimum atomic E-state index is -0.230. The van der Waals surface area contributed by atoms with Crippen molar-refractivity contribution in [2.75, 3.05) is 74.7 Å². The Hall–Kier alpha value is -11.1. The Kier molecular flexibility index (Phi) is 15.6. The summed E-state index contributed by atoms with van der Waals surface area (Å²) in [6.07, 6.45) is 25.9. The Morgan fingerprint density at radius 3 is 1.58 bits per heavy atom. The first-order chi connectivity index (χ1) is 48.4. The molecule has 7 aliphatic rings. The van der Waals surface area contributed by atoms with Gasteiger partial charge in [-0.15, -0.1) is 10.2 Å². The number of imidazole rings is 2. The first-order valence-electron chi connectivity index (χ1n) is 34.6. The van der Waals surface area contributed by atoms with Gasteiger partial charge in [-0.25, -0.2) is 19.3 Å². The number of rotatable bonds is 8. The zero-order valence-corrected chi connectivity index (χ0v) is 55.9. The zero-order chi connectivity index (χ0) is 67.0. The lowest BCUT2D eigenvalue weighted by Crippen LogP contribution is -2.42. The van der Waals surface area contributed by atoms with Gasteiger partial charge in [0.15, 0.2) is 17.5 Å². The van der Waals surface area contributed by atoms with Gasteiger partial charge in [-0.2, -0.15) is 10.5 Å². The van der Waals surface area contributed by atoms with Gasteiger partial charge >= 0.3 is 0 Å². The predicted octanol–water partition coefficient (Wildman–Crippen LogP) is 13.8. The van der Waals surface area contributed by atoms with Crippen molar-refractivity contribution >= 4 is 17.2 Å². The lowest BCUT2D eigenvalue weighted by atomic mass is 9.68. The Morgan fingerprint density at radius 1 is 0.556 bits per heavy atom. The van der Waals surface area contributed by atoms with Crippen LogP contribution in [0.5, 0.6) is 0 Å². The number of piperidine rings is 1. The number of aromatic nitrogens is 11. The van der Waals surface area contributed by atoms with Crippen molar-refractivity contribution in [1.82, 2.24) is 57.5 Å². The molecule has 7 aromatic heterocycles. The number of aliphatic hydroxyl groups is 1. The number of nitrogens with zero attached hydrogens (tertiary/aromatic N) is 17. The Balaban J connectivity index is 0.000000111. The van der Waals surface area contributed by atoms with Crippen molar-refractivity contribution in [3.63, 3.8) is 0 Å². The van der Waals surface area contributed by atoms with Gasteiger partial charge in [0.2, 0.25) is 0 Å². The third-order valence-corrected chi connectivity index (χ3v) is 22.1. The molecule has 1 saturated carbocycles. The number of pyridine rings is 1. The fourth-order valence-electron chi connectivity index (χ4n) is 16.2. The van der Waals surface area contributed by atoms with Crippen LogP contribution in [0.15, 0.2) is 189 Å². The molecule has 3 saturated heterocycles. The second-order valence-corrected chi connectivity index (χ2v) is 28.2. The summed E-state index contributed by atoms with van der Waals surface area (Å²) in [7, 11) is 4.33. The monoisotopic (exact) mass is 1310 g/mol. The molecule has 1 spiro atoms. The largest absolute Gasteiger partial charge is 0.396 e. The molecule has 99 heavy (non-hydrogen) atoms. The summed E-state index contributed by atoms with van der Waals surface area (Å²) < 4.78 is 26.6. The molecule has 5 aromatic carbocycles. The van der Waals surface area contributed by atoms with Gasteiger partial charge in [0.05, 0.1) is 63.6 Å². The summed E-state index contributed by atoms with van der Waals surface area (Å²) in [6, 6.07) is 49.5. The summed E-state index contributed by atoms with van der Waals surface area (Å²) in [5.41, 5.74) is 21.2. The van der Waals surface area contributed by atoms with Crippen LogP contribution in [0, 0.1) is 45.7 Å². The summed E-state index contributed by atoms with van der Waals surface area (Å²) in [5, 5.41) is 36.5. The van der Waals surface area contributed by atoms with Crippen molar-refractivity contribution in [2.24, 2.45) is 17.3 Å². The average molecular weight is 1310 g/mol. The second kappa shape index (κ2) is 25.1. The molecule has 18 nitrogen and oxygen atoms in total. The maximum atomic E-state index is 13.4. The number of aliphatic hydroxyl groups excluding tert-OH is 1. The Bertz CT molecular complexity index is 5090. The average Bonchev–Trinajstić information content (AvgIpc) is 1.63. The molecule has 1 N–H and O–H groups in total. The van der Waals surface area contributed by atoms with Crippen LogP contribution in [0.25, 0.3) is 85.0 Å². The lowest BCUT2D eigenvalue weighted by molar-refractivity contribution is 0.165. The van der Waals surface area contributed by atoms with E-state index >= 15 is 0 Å². The van der Waals surface area contributed by atoms with Crippen LogP contribution in [0.1, 0.15) is 73.3 Å². The van der Waals surface area contributed by atoms with Gasteiger partial charge in [-0.1, -0.05) is 49.7 Å². The van der Waals surface area contributed by atoms with E-state index in [-0.39, 0.29) is 12.4 Å². The minimum absolute atomic E-state index is 0.230. The van der Waals surface area contributed by atoms with Crippen LogP contribution in [0.2, 0.25) is 0 Å². The van der Waals surface area contributed by atoms with Crippen molar-refractivity contribution < 1.29 is 9.50 Å². The molecule has 2 atom stereocenters. The molecule has 6 aliphatic heterocycles. The van der Waals surface area contributed by atoms with Crippen LogP contribution in [-0.4, -0.2) is 129 Å². The summed E-state index contributed by atoms with van der Waals surface area (Å²) in [4.78, 5) is 23.9. The fraction of sp³-hybridized carbons (Fsp3) is 0.287. The molecule has 12 aromatic rings. The van der Waals surface area contributed by atoms with Gasteiger partial charge in [0, 0.05) is 154 Å². The van der Waals surface area contributed by atoms with Crippen molar-refractivity contribution in [1.29, 1.82) is 10.5 Å². The van der Waals surface area contributed by atoms with E-state index in [4.69, 9.17) is 20.5 Å². The zero-order valence-electron chi connectivity index (χ0n) is 55.9. The first kappa shape index (κ1) is 61.5. The third-order valence-electron chi connectivity index (χ3n) is 22.1. The van der Waals surface area contributed by atoms with E-state index in [0.717, 1.165) is 144 Å². The van der Waals surface area contributed by atoms with Crippen LogP contribution in [0.3, 0.4) is 0 Å².